The fourth-order valence-corrected chi connectivity index (χ4v) is 4.75. The van der Waals surface area contributed by atoms with E-state index in [1.54, 1.807) is 24.3 Å². The first kappa shape index (κ1) is 22.4. The van der Waals surface area contributed by atoms with Crippen LogP contribution in [0.15, 0.2) is 42.6 Å². The molecule has 170 valence electrons. The summed E-state index contributed by atoms with van der Waals surface area (Å²) in [4.78, 5) is 33.7. The van der Waals surface area contributed by atoms with E-state index in [9.17, 15) is 14.0 Å². The van der Waals surface area contributed by atoms with Crippen molar-refractivity contribution >= 4 is 11.8 Å². The van der Waals surface area contributed by atoms with Gasteiger partial charge in [0.1, 0.15) is 5.82 Å². The van der Waals surface area contributed by atoms with Gasteiger partial charge in [0.05, 0.1) is 12.2 Å². The summed E-state index contributed by atoms with van der Waals surface area (Å²) in [6, 6.07) is 10.1. The van der Waals surface area contributed by atoms with Gasteiger partial charge in [-0.1, -0.05) is 6.92 Å². The van der Waals surface area contributed by atoms with Gasteiger partial charge in [0.15, 0.2) is 0 Å². The first-order chi connectivity index (χ1) is 15.5. The molecule has 0 unspecified atom stereocenters. The minimum Gasteiger partial charge on any atom is -0.346 e. The zero-order chi connectivity index (χ0) is 22.5. The molecule has 1 atom stereocenters. The molecule has 4 rings (SSSR count). The Balaban J connectivity index is 1.28. The number of carbonyl (C=O) groups is 2. The average Bonchev–Trinajstić information content (AvgIpc) is 2.83. The molecule has 3 heterocycles. The Labute approximate surface area is 188 Å². The molecule has 1 aromatic carbocycles. The van der Waals surface area contributed by atoms with Gasteiger partial charge in [0, 0.05) is 43.0 Å². The molecule has 1 aromatic heterocycles. The Morgan fingerprint density at radius 2 is 1.78 bits per heavy atom. The molecule has 7 heteroatoms. The van der Waals surface area contributed by atoms with E-state index < -0.39 is 5.82 Å². The molecule has 2 aromatic rings. The van der Waals surface area contributed by atoms with Crippen molar-refractivity contribution in [2.75, 3.05) is 26.2 Å². The minimum atomic E-state index is -0.452. The van der Waals surface area contributed by atoms with Crippen LogP contribution in [-0.2, 0) is 6.54 Å². The lowest BCUT2D eigenvalue weighted by molar-refractivity contribution is 0.0541. The summed E-state index contributed by atoms with van der Waals surface area (Å²) in [5.41, 5.74) is 1.20. The normalized spacial score (nSPS) is 20.2. The summed E-state index contributed by atoms with van der Waals surface area (Å²) in [5, 5.41) is 2.67. The van der Waals surface area contributed by atoms with Gasteiger partial charge >= 0.3 is 0 Å². The summed E-state index contributed by atoms with van der Waals surface area (Å²) in [5.74, 6) is -0.00183. The Morgan fingerprint density at radius 3 is 2.47 bits per heavy atom. The van der Waals surface area contributed by atoms with E-state index in [2.05, 4.69) is 22.1 Å². The van der Waals surface area contributed by atoms with E-state index in [4.69, 9.17) is 0 Å². The maximum Gasteiger partial charge on any atom is 0.253 e. The maximum atomic E-state index is 13.6. The first-order valence-electron chi connectivity index (χ1n) is 11.5. The summed E-state index contributed by atoms with van der Waals surface area (Å²) in [6.45, 7) is 6.23. The second kappa shape index (κ2) is 10.2. The predicted octanol–water partition coefficient (Wildman–Crippen LogP) is 3.49. The molecule has 2 aliphatic rings. The molecule has 0 spiro atoms. The number of nitrogens with one attached hydrogen (secondary N) is 1. The molecule has 32 heavy (non-hydrogen) atoms. The van der Waals surface area contributed by atoms with Crippen LogP contribution in [0.4, 0.5) is 4.39 Å². The lowest BCUT2D eigenvalue weighted by Gasteiger charge is -2.41. The smallest absolute Gasteiger partial charge is 0.253 e. The van der Waals surface area contributed by atoms with Crippen molar-refractivity contribution in [3.63, 3.8) is 0 Å². The van der Waals surface area contributed by atoms with Crippen LogP contribution in [0, 0.1) is 11.7 Å². The third-order valence-corrected chi connectivity index (χ3v) is 6.60. The highest BCUT2D eigenvalue weighted by Gasteiger charge is 2.29. The molecule has 0 saturated carbocycles. The van der Waals surface area contributed by atoms with Crippen molar-refractivity contribution in [2.24, 2.45) is 5.92 Å². The predicted molar refractivity (Wildman–Crippen MR) is 121 cm³/mol. The number of hydrogen-bond acceptors (Lipinski definition) is 4. The SMILES string of the molecule is C[C@@H]1CCCN(C2CCN(C(=O)c3ccc(C(=O)NCc4ncccc4F)cc3)CC2)C1. The number of aromatic nitrogens is 1. The Bertz CT molecular complexity index is 941. The van der Waals surface area contributed by atoms with Crippen molar-refractivity contribution in [2.45, 2.75) is 45.2 Å². The Morgan fingerprint density at radius 1 is 1.06 bits per heavy atom. The third kappa shape index (κ3) is 5.33. The van der Waals surface area contributed by atoms with Gasteiger partial charge in [-0.15, -0.1) is 0 Å². The van der Waals surface area contributed by atoms with Crippen molar-refractivity contribution in [3.8, 4) is 0 Å². The molecule has 6 nitrogen and oxygen atoms in total. The van der Waals surface area contributed by atoms with Crippen LogP contribution in [0.1, 0.15) is 59.0 Å². The summed E-state index contributed by atoms with van der Waals surface area (Å²) < 4.78 is 13.6. The van der Waals surface area contributed by atoms with Gasteiger partial charge in [-0.05, 0) is 74.5 Å². The van der Waals surface area contributed by atoms with Crippen LogP contribution in [0.5, 0.6) is 0 Å². The van der Waals surface area contributed by atoms with Crippen LogP contribution in [0.25, 0.3) is 0 Å². The van der Waals surface area contributed by atoms with E-state index in [0.29, 0.717) is 17.2 Å². The highest BCUT2D eigenvalue weighted by atomic mass is 19.1. The highest BCUT2D eigenvalue weighted by Crippen LogP contribution is 2.24. The van der Waals surface area contributed by atoms with E-state index in [0.717, 1.165) is 31.8 Å². The Kier molecular flexibility index (Phi) is 7.15. The number of hydrogen-bond donors (Lipinski definition) is 1. The number of likely N-dealkylation sites (tertiary alicyclic amines) is 2. The highest BCUT2D eigenvalue weighted by molar-refractivity contribution is 5.97. The molecule has 0 radical (unpaired) electrons. The summed E-state index contributed by atoms with van der Waals surface area (Å²) in [7, 11) is 0. The van der Waals surface area contributed by atoms with Gasteiger partial charge in [-0.2, -0.15) is 0 Å². The van der Waals surface area contributed by atoms with Crippen molar-refractivity contribution in [1.82, 2.24) is 20.1 Å². The first-order valence-corrected chi connectivity index (χ1v) is 11.5. The second-order valence-electron chi connectivity index (χ2n) is 8.96. The summed E-state index contributed by atoms with van der Waals surface area (Å²) in [6.07, 6.45) is 6.12. The van der Waals surface area contributed by atoms with Gasteiger partial charge in [0.25, 0.3) is 11.8 Å². The molecular weight excluding hydrogens is 407 g/mol. The summed E-state index contributed by atoms with van der Waals surface area (Å²) >= 11 is 0. The van der Waals surface area contributed by atoms with Gasteiger partial charge in [-0.3, -0.25) is 19.5 Å². The molecule has 0 bridgehead atoms. The number of pyridine rings is 1. The number of amides is 2. The standard InChI is InChI=1S/C25H31FN4O2/c1-18-4-3-13-30(17-18)21-10-14-29(15-11-21)25(32)20-8-6-19(7-9-20)24(31)28-16-23-22(26)5-2-12-27-23/h2,5-9,12,18,21H,3-4,10-11,13-17H2,1H3,(H,28,31)/t18-/m1/s1. The van der Waals surface area contributed by atoms with E-state index in [-0.39, 0.29) is 24.1 Å². The zero-order valence-corrected chi connectivity index (χ0v) is 18.6. The quantitative estimate of drug-likeness (QED) is 0.776. The van der Waals surface area contributed by atoms with Crippen LogP contribution in [0.3, 0.4) is 0 Å². The monoisotopic (exact) mass is 438 g/mol. The number of carbonyl (C=O) groups excluding carboxylic acids is 2. The van der Waals surface area contributed by atoms with Crippen LogP contribution >= 0.6 is 0 Å². The topological polar surface area (TPSA) is 65.5 Å². The number of halogens is 1. The molecular formula is C25H31FN4O2. The molecule has 0 aliphatic carbocycles. The maximum absolute atomic E-state index is 13.6. The molecule has 1 N–H and O–H groups in total. The number of rotatable bonds is 5. The van der Waals surface area contributed by atoms with Gasteiger partial charge < -0.3 is 10.2 Å². The molecule has 2 saturated heterocycles. The second-order valence-corrected chi connectivity index (χ2v) is 8.96. The van der Waals surface area contributed by atoms with Crippen LogP contribution in [-0.4, -0.2) is 58.8 Å². The van der Waals surface area contributed by atoms with Gasteiger partial charge in [-0.25, -0.2) is 4.39 Å². The molecule has 2 fully saturated rings. The van der Waals surface area contributed by atoms with Crippen LogP contribution < -0.4 is 5.32 Å². The van der Waals surface area contributed by atoms with Gasteiger partial charge in [0.2, 0.25) is 0 Å². The van der Waals surface area contributed by atoms with E-state index in [1.165, 1.54) is 44.3 Å². The average molecular weight is 439 g/mol. The fourth-order valence-electron chi connectivity index (χ4n) is 4.75. The number of benzene rings is 1. The molecule has 2 aliphatic heterocycles. The lowest BCUT2D eigenvalue weighted by atomic mass is 9.95. The van der Waals surface area contributed by atoms with Crippen LogP contribution in [0.2, 0.25) is 0 Å². The third-order valence-electron chi connectivity index (χ3n) is 6.60. The zero-order valence-electron chi connectivity index (χ0n) is 18.6. The largest absolute Gasteiger partial charge is 0.346 e. The number of piperidine rings is 2. The van der Waals surface area contributed by atoms with Crippen molar-refractivity contribution in [3.05, 3.63) is 65.2 Å². The van der Waals surface area contributed by atoms with Crippen molar-refractivity contribution < 1.29 is 14.0 Å². The van der Waals surface area contributed by atoms with E-state index >= 15 is 0 Å². The Hall–Kier alpha value is -2.80. The number of nitrogens with zero attached hydrogens (tertiary/aromatic N) is 3. The lowest BCUT2D eigenvalue weighted by Crippen LogP contribution is -2.49. The fraction of sp³-hybridized carbons (Fsp3) is 0.480. The van der Waals surface area contributed by atoms with Crippen molar-refractivity contribution in [1.29, 1.82) is 0 Å². The minimum absolute atomic E-state index is 0.0108. The molecule has 2 amide bonds. The van der Waals surface area contributed by atoms with E-state index in [1.807, 2.05) is 4.90 Å².